The second kappa shape index (κ2) is 9.68. The average molecular weight is 508 g/mol. The number of urea groups is 1. The Morgan fingerprint density at radius 3 is 2.86 bits per heavy atom. The smallest absolute Gasteiger partial charge is 0.331 e. The van der Waals surface area contributed by atoms with E-state index in [0.29, 0.717) is 23.8 Å². The summed E-state index contributed by atoms with van der Waals surface area (Å²) in [6.07, 6.45) is 5.55. The van der Waals surface area contributed by atoms with Crippen LogP contribution in [0.1, 0.15) is 40.9 Å². The van der Waals surface area contributed by atoms with E-state index in [9.17, 15) is 9.59 Å². The Hall–Kier alpha value is -3.21. The molecule has 3 aromatic rings. The number of carbonyl (C=O) groups excluding carboxylic acids is 2. The topological polar surface area (TPSA) is 105 Å². The predicted molar refractivity (Wildman–Crippen MR) is 140 cm³/mol. The van der Waals surface area contributed by atoms with Crippen molar-refractivity contribution in [3.63, 3.8) is 0 Å². The maximum atomic E-state index is 13.4. The monoisotopic (exact) mass is 507 g/mol. The average Bonchev–Trinajstić information content (AvgIpc) is 3.26. The van der Waals surface area contributed by atoms with Gasteiger partial charge in [0.2, 0.25) is 0 Å². The van der Waals surface area contributed by atoms with E-state index in [4.69, 9.17) is 9.47 Å². The van der Waals surface area contributed by atoms with Crippen molar-refractivity contribution in [2.75, 3.05) is 36.5 Å². The molecule has 0 radical (unpaired) electrons. The van der Waals surface area contributed by atoms with E-state index < -0.39 is 0 Å². The Labute approximate surface area is 213 Å². The summed E-state index contributed by atoms with van der Waals surface area (Å²) < 4.78 is 11.6. The molecule has 2 fully saturated rings. The van der Waals surface area contributed by atoms with Gasteiger partial charge in [-0.2, -0.15) is 0 Å². The molecule has 2 aromatic heterocycles. The lowest BCUT2D eigenvalue weighted by atomic mass is 10.1. The van der Waals surface area contributed by atoms with Crippen molar-refractivity contribution in [1.82, 2.24) is 15.6 Å². The number of anilines is 3. The van der Waals surface area contributed by atoms with Crippen molar-refractivity contribution < 1.29 is 19.1 Å². The summed E-state index contributed by atoms with van der Waals surface area (Å²) in [7, 11) is 0. The number of aromatic nitrogens is 1. The maximum Gasteiger partial charge on any atom is 0.331 e. The summed E-state index contributed by atoms with van der Waals surface area (Å²) in [4.78, 5) is 34.0. The fraction of sp³-hybridized carbons (Fsp3) is 0.423. The largest absolute Gasteiger partial charge is 0.490 e. The third-order valence-corrected chi connectivity index (χ3v) is 8.06. The van der Waals surface area contributed by atoms with Gasteiger partial charge in [-0.25, -0.2) is 9.78 Å². The molecule has 1 aromatic carbocycles. The molecule has 6 rings (SSSR count). The van der Waals surface area contributed by atoms with Crippen LogP contribution < -0.4 is 25.6 Å². The summed E-state index contributed by atoms with van der Waals surface area (Å²) in [6, 6.07) is 7.40. The first-order chi connectivity index (χ1) is 17.6. The molecule has 10 heteroatoms. The number of hydrogen-bond acceptors (Lipinski definition) is 7. The lowest BCUT2D eigenvalue weighted by molar-refractivity contribution is 0.0255. The molecule has 3 aliphatic rings. The van der Waals surface area contributed by atoms with Crippen LogP contribution >= 0.6 is 11.3 Å². The number of rotatable bonds is 5. The number of pyridine rings is 1. The summed E-state index contributed by atoms with van der Waals surface area (Å²) in [6.45, 7) is 5.13. The number of carbonyl (C=O) groups is 2. The van der Waals surface area contributed by atoms with Crippen LogP contribution in [-0.2, 0) is 4.74 Å². The molecule has 0 saturated carbocycles. The van der Waals surface area contributed by atoms with Gasteiger partial charge in [0.15, 0.2) is 0 Å². The molecular weight excluding hydrogens is 478 g/mol. The molecule has 0 unspecified atom stereocenters. The van der Waals surface area contributed by atoms with Crippen LogP contribution in [0.5, 0.6) is 5.75 Å². The maximum absolute atomic E-state index is 13.4. The van der Waals surface area contributed by atoms with Gasteiger partial charge >= 0.3 is 6.03 Å². The van der Waals surface area contributed by atoms with Gasteiger partial charge in [0, 0.05) is 31.6 Å². The zero-order valence-electron chi connectivity index (χ0n) is 20.1. The first-order valence-electron chi connectivity index (χ1n) is 12.5. The zero-order valence-corrected chi connectivity index (χ0v) is 21.0. The Balaban J connectivity index is 1.31. The van der Waals surface area contributed by atoms with E-state index in [2.05, 4.69) is 20.9 Å². The Morgan fingerprint density at radius 1 is 1.22 bits per heavy atom. The van der Waals surface area contributed by atoms with E-state index in [1.165, 1.54) is 11.3 Å². The molecule has 1 atom stereocenters. The molecule has 188 valence electrons. The fourth-order valence-corrected chi connectivity index (χ4v) is 6.17. The van der Waals surface area contributed by atoms with Crippen LogP contribution in [0.25, 0.3) is 10.2 Å². The minimum Gasteiger partial charge on any atom is -0.490 e. The van der Waals surface area contributed by atoms with Gasteiger partial charge < -0.3 is 25.4 Å². The number of hydrogen-bond donors (Lipinski definition) is 3. The van der Waals surface area contributed by atoms with Gasteiger partial charge in [-0.05, 0) is 56.1 Å². The molecule has 3 N–H and O–H groups in total. The fourth-order valence-electron chi connectivity index (χ4n) is 5.15. The van der Waals surface area contributed by atoms with Crippen molar-refractivity contribution in [3.8, 4) is 5.75 Å². The second-order valence-electron chi connectivity index (χ2n) is 9.48. The number of nitrogens with one attached hydrogen (secondary N) is 3. The molecule has 36 heavy (non-hydrogen) atoms. The molecule has 5 heterocycles. The first kappa shape index (κ1) is 23.2. The van der Waals surface area contributed by atoms with Gasteiger partial charge in [0.1, 0.15) is 21.6 Å². The number of amides is 3. The van der Waals surface area contributed by atoms with Crippen molar-refractivity contribution in [3.05, 3.63) is 40.9 Å². The number of ether oxygens (including phenoxy) is 2. The molecule has 3 amide bonds. The second-order valence-corrected chi connectivity index (χ2v) is 10.5. The predicted octanol–water partition coefficient (Wildman–Crippen LogP) is 4.33. The highest BCUT2D eigenvalue weighted by Crippen LogP contribution is 2.46. The highest BCUT2D eigenvalue weighted by atomic mass is 32.1. The van der Waals surface area contributed by atoms with Crippen LogP contribution in [0, 0.1) is 6.92 Å². The Bertz CT molecular complexity index is 1310. The van der Waals surface area contributed by atoms with Crippen LogP contribution in [-0.4, -0.2) is 55.4 Å². The van der Waals surface area contributed by atoms with E-state index in [1.807, 2.05) is 31.2 Å². The van der Waals surface area contributed by atoms with Gasteiger partial charge in [-0.15, -0.1) is 11.3 Å². The highest BCUT2D eigenvalue weighted by Gasteiger charge is 2.34. The Kier molecular flexibility index (Phi) is 6.24. The summed E-state index contributed by atoms with van der Waals surface area (Å²) >= 11 is 1.31. The summed E-state index contributed by atoms with van der Waals surface area (Å²) in [5, 5.41) is 10.2. The van der Waals surface area contributed by atoms with Crippen molar-refractivity contribution in [2.45, 2.75) is 44.8 Å². The van der Waals surface area contributed by atoms with E-state index in [0.717, 1.165) is 71.7 Å². The first-order valence-corrected chi connectivity index (χ1v) is 13.3. The molecule has 9 nitrogen and oxygen atoms in total. The molecule has 2 saturated heterocycles. The third-order valence-electron chi connectivity index (χ3n) is 6.96. The van der Waals surface area contributed by atoms with Gasteiger partial charge in [-0.3, -0.25) is 9.69 Å². The quantitative estimate of drug-likeness (QED) is 0.475. The molecule has 0 spiro atoms. The van der Waals surface area contributed by atoms with Gasteiger partial charge in [0.05, 0.1) is 35.7 Å². The molecule has 0 aliphatic carbocycles. The normalized spacial score (nSPS) is 20.3. The number of benzene rings is 1. The Morgan fingerprint density at radius 2 is 2.08 bits per heavy atom. The van der Waals surface area contributed by atoms with Crippen LogP contribution in [0.2, 0.25) is 0 Å². The highest BCUT2D eigenvalue weighted by molar-refractivity contribution is 7.21. The number of nitrogens with zero attached hydrogens (tertiary/aromatic N) is 2. The third kappa shape index (κ3) is 4.29. The molecule has 0 bridgehead atoms. The van der Waals surface area contributed by atoms with E-state index in [1.54, 1.807) is 11.1 Å². The standard InChI is InChI=1S/C26H29N5O4S/c1-15-13-18(35-17-7-11-34-12-8-17)4-5-19(15)31-20-6-10-28-25-21(20)22(30-26(31)33)23(36-25)24(32)29-16-3-2-9-27-14-16/h4-6,10,13,16-17,27H,2-3,7-9,11-12,14H2,1H3,(H,29,32)(H,30,33)/t16-/m1/s1. The SMILES string of the molecule is Cc1cc(OC2CCOCC2)ccc1N1C(=O)Nc2c(C(=O)N[C@@H]3CCCNC3)sc3nccc1c23. The minimum atomic E-state index is -0.303. The number of thiophene rings is 1. The number of piperidine rings is 1. The van der Waals surface area contributed by atoms with Crippen molar-refractivity contribution in [1.29, 1.82) is 0 Å². The zero-order chi connectivity index (χ0) is 24.6. The summed E-state index contributed by atoms with van der Waals surface area (Å²) in [5.41, 5.74) is 2.93. The minimum absolute atomic E-state index is 0.0800. The lowest BCUT2D eigenvalue weighted by Gasteiger charge is -2.30. The van der Waals surface area contributed by atoms with Crippen LogP contribution in [0.4, 0.5) is 21.9 Å². The summed E-state index contributed by atoms with van der Waals surface area (Å²) in [5.74, 6) is 0.611. The van der Waals surface area contributed by atoms with Gasteiger partial charge in [-0.1, -0.05) is 0 Å². The molecular formula is C26H29N5O4S. The van der Waals surface area contributed by atoms with Crippen LogP contribution in [0.15, 0.2) is 30.5 Å². The lowest BCUT2D eigenvalue weighted by Crippen LogP contribution is -2.45. The van der Waals surface area contributed by atoms with Crippen molar-refractivity contribution >= 4 is 50.6 Å². The van der Waals surface area contributed by atoms with E-state index in [-0.39, 0.29) is 24.1 Å². The van der Waals surface area contributed by atoms with Crippen LogP contribution in [0.3, 0.4) is 0 Å². The van der Waals surface area contributed by atoms with Gasteiger partial charge in [0.25, 0.3) is 5.91 Å². The molecule has 3 aliphatic heterocycles. The van der Waals surface area contributed by atoms with E-state index >= 15 is 0 Å². The number of aryl methyl sites for hydroxylation is 1. The van der Waals surface area contributed by atoms with Crippen molar-refractivity contribution in [2.24, 2.45) is 0 Å².